The highest BCUT2D eigenvalue weighted by molar-refractivity contribution is 5.96. The van der Waals surface area contributed by atoms with Crippen LogP contribution in [0.15, 0.2) is 28.7 Å². The predicted molar refractivity (Wildman–Crippen MR) is 75.8 cm³/mol. The highest BCUT2D eigenvalue weighted by Crippen LogP contribution is 2.21. The van der Waals surface area contributed by atoms with E-state index in [0.717, 1.165) is 0 Å². The maximum atomic E-state index is 13.2. The number of carbonyl (C=O) groups is 1. The minimum absolute atomic E-state index is 0.183. The summed E-state index contributed by atoms with van der Waals surface area (Å²) in [7, 11) is 3.14. The number of furan rings is 1. The van der Waals surface area contributed by atoms with Gasteiger partial charge in [-0.3, -0.25) is 4.79 Å². The topological polar surface area (TPSA) is 51.9 Å². The number of halogens is 1. The van der Waals surface area contributed by atoms with Crippen LogP contribution in [0.1, 0.15) is 10.6 Å². The second-order valence-electron chi connectivity index (χ2n) is 4.57. The smallest absolute Gasteiger partial charge is 0.289 e. The number of fused-ring (bicyclic) bond motifs is 1. The van der Waals surface area contributed by atoms with Crippen LogP contribution in [0.2, 0.25) is 0 Å². The lowest BCUT2D eigenvalue weighted by Gasteiger charge is -2.20. The first-order chi connectivity index (χ1) is 10.2. The molecule has 0 spiro atoms. The summed E-state index contributed by atoms with van der Waals surface area (Å²) in [6.45, 7) is 1.71. The number of ether oxygens (including phenoxy) is 2. The molecule has 0 aliphatic carbocycles. The number of nitrogens with zero attached hydrogens (tertiary/aromatic N) is 1. The van der Waals surface area contributed by atoms with Gasteiger partial charge in [-0.2, -0.15) is 0 Å². The largest absolute Gasteiger partial charge is 0.451 e. The Morgan fingerprint density at radius 2 is 1.86 bits per heavy atom. The van der Waals surface area contributed by atoms with E-state index in [0.29, 0.717) is 37.3 Å². The highest BCUT2D eigenvalue weighted by atomic mass is 19.1. The van der Waals surface area contributed by atoms with Crippen LogP contribution < -0.4 is 0 Å². The molecule has 114 valence electrons. The number of rotatable bonds is 7. The summed E-state index contributed by atoms with van der Waals surface area (Å²) in [5.41, 5.74) is 0.484. The Morgan fingerprint density at radius 3 is 2.48 bits per heavy atom. The number of amides is 1. The van der Waals surface area contributed by atoms with Gasteiger partial charge in [0.05, 0.1) is 13.2 Å². The van der Waals surface area contributed by atoms with Crippen molar-refractivity contribution >= 4 is 16.9 Å². The van der Waals surface area contributed by atoms with Crippen molar-refractivity contribution in [3.05, 3.63) is 35.8 Å². The van der Waals surface area contributed by atoms with Crippen LogP contribution in [0.4, 0.5) is 4.39 Å². The molecule has 0 bridgehead atoms. The van der Waals surface area contributed by atoms with Crippen LogP contribution in [0.25, 0.3) is 11.0 Å². The second kappa shape index (κ2) is 7.19. The van der Waals surface area contributed by atoms with Gasteiger partial charge in [-0.05, 0) is 24.3 Å². The molecule has 0 unspecified atom stereocenters. The molecule has 2 rings (SSSR count). The molecular weight excluding hydrogens is 277 g/mol. The molecule has 5 nitrogen and oxygen atoms in total. The third-order valence-corrected chi connectivity index (χ3v) is 3.11. The first kappa shape index (κ1) is 15.5. The average molecular weight is 295 g/mol. The second-order valence-corrected chi connectivity index (χ2v) is 4.57. The Morgan fingerprint density at radius 1 is 1.19 bits per heavy atom. The third kappa shape index (κ3) is 3.80. The standard InChI is InChI=1S/C15H18FNO4/c1-19-7-5-17(6-8-20-2)15(18)14-10-11-9-12(16)3-4-13(11)21-14/h3-4,9-10H,5-8H2,1-2H3. The van der Waals surface area contributed by atoms with Crippen molar-refractivity contribution < 1.29 is 23.1 Å². The van der Waals surface area contributed by atoms with Crippen molar-refractivity contribution in [2.45, 2.75) is 0 Å². The van der Waals surface area contributed by atoms with Crippen LogP contribution in [0.3, 0.4) is 0 Å². The number of methoxy groups -OCH3 is 2. The fraction of sp³-hybridized carbons (Fsp3) is 0.400. The van der Waals surface area contributed by atoms with Crippen LogP contribution in [-0.4, -0.2) is 51.3 Å². The van der Waals surface area contributed by atoms with Crippen molar-refractivity contribution in [3.63, 3.8) is 0 Å². The SMILES string of the molecule is COCCN(CCOC)C(=O)c1cc2cc(F)ccc2o1. The minimum atomic E-state index is -0.363. The lowest BCUT2D eigenvalue weighted by atomic mass is 10.2. The van der Waals surface area contributed by atoms with Gasteiger partial charge in [0.25, 0.3) is 5.91 Å². The van der Waals surface area contributed by atoms with E-state index < -0.39 is 0 Å². The monoisotopic (exact) mass is 295 g/mol. The molecule has 0 atom stereocenters. The van der Waals surface area contributed by atoms with E-state index in [9.17, 15) is 9.18 Å². The Balaban J connectivity index is 2.20. The first-order valence-electron chi connectivity index (χ1n) is 6.62. The molecule has 1 heterocycles. The number of hydrogen-bond acceptors (Lipinski definition) is 4. The molecule has 0 radical (unpaired) electrons. The van der Waals surface area contributed by atoms with E-state index in [1.54, 1.807) is 25.2 Å². The first-order valence-corrected chi connectivity index (χ1v) is 6.62. The fourth-order valence-corrected chi connectivity index (χ4v) is 1.99. The normalized spacial score (nSPS) is 11.0. The van der Waals surface area contributed by atoms with Gasteiger partial charge in [0.2, 0.25) is 0 Å². The van der Waals surface area contributed by atoms with Crippen molar-refractivity contribution in [1.82, 2.24) is 4.90 Å². The lowest BCUT2D eigenvalue weighted by molar-refractivity contribution is 0.0600. The molecule has 2 aromatic rings. The molecule has 21 heavy (non-hydrogen) atoms. The Hall–Kier alpha value is -1.92. The van der Waals surface area contributed by atoms with Crippen molar-refractivity contribution in [2.75, 3.05) is 40.5 Å². The van der Waals surface area contributed by atoms with Gasteiger partial charge >= 0.3 is 0 Å². The Kier molecular flexibility index (Phi) is 5.30. The van der Waals surface area contributed by atoms with Crippen LogP contribution in [-0.2, 0) is 9.47 Å². The quantitative estimate of drug-likeness (QED) is 0.786. The molecule has 0 fully saturated rings. The summed E-state index contributed by atoms with van der Waals surface area (Å²) in [4.78, 5) is 14.0. The number of benzene rings is 1. The summed E-state index contributed by atoms with van der Waals surface area (Å²) in [5, 5.41) is 0.566. The zero-order valence-electron chi connectivity index (χ0n) is 12.1. The maximum Gasteiger partial charge on any atom is 0.289 e. The molecule has 0 saturated heterocycles. The van der Waals surface area contributed by atoms with E-state index >= 15 is 0 Å². The third-order valence-electron chi connectivity index (χ3n) is 3.11. The van der Waals surface area contributed by atoms with Crippen LogP contribution in [0.5, 0.6) is 0 Å². The Labute approximate surface area is 122 Å². The van der Waals surface area contributed by atoms with Gasteiger partial charge in [0.1, 0.15) is 11.4 Å². The Bertz CT molecular complexity index is 603. The fourth-order valence-electron chi connectivity index (χ4n) is 1.99. The summed E-state index contributed by atoms with van der Waals surface area (Å²) < 4.78 is 28.7. The van der Waals surface area contributed by atoms with E-state index in [-0.39, 0.29) is 17.5 Å². The predicted octanol–water partition coefficient (Wildman–Crippen LogP) is 2.31. The van der Waals surface area contributed by atoms with Crippen LogP contribution >= 0.6 is 0 Å². The van der Waals surface area contributed by atoms with E-state index in [2.05, 4.69) is 0 Å². The van der Waals surface area contributed by atoms with Crippen LogP contribution in [0, 0.1) is 5.82 Å². The number of hydrogen-bond donors (Lipinski definition) is 0. The molecule has 0 aliphatic heterocycles. The molecule has 0 N–H and O–H groups in total. The molecule has 1 aromatic heterocycles. The lowest BCUT2D eigenvalue weighted by Crippen LogP contribution is -2.36. The summed E-state index contributed by atoms with van der Waals surface area (Å²) >= 11 is 0. The zero-order chi connectivity index (χ0) is 15.2. The van der Waals surface area contributed by atoms with Gasteiger partial charge in [-0.25, -0.2) is 4.39 Å². The molecule has 1 aromatic carbocycles. The summed E-state index contributed by atoms with van der Waals surface area (Å²) in [6.07, 6.45) is 0. The van der Waals surface area contributed by atoms with Crippen molar-refractivity contribution in [3.8, 4) is 0 Å². The van der Waals surface area contributed by atoms with Gasteiger partial charge in [-0.1, -0.05) is 0 Å². The maximum absolute atomic E-state index is 13.2. The highest BCUT2D eigenvalue weighted by Gasteiger charge is 2.19. The van der Waals surface area contributed by atoms with Gasteiger partial charge < -0.3 is 18.8 Å². The molecule has 1 amide bonds. The van der Waals surface area contributed by atoms with E-state index in [4.69, 9.17) is 13.9 Å². The van der Waals surface area contributed by atoms with Gasteiger partial charge in [0, 0.05) is 32.7 Å². The minimum Gasteiger partial charge on any atom is -0.451 e. The van der Waals surface area contributed by atoms with E-state index in [1.165, 1.54) is 18.2 Å². The van der Waals surface area contributed by atoms with Crippen molar-refractivity contribution in [1.29, 1.82) is 0 Å². The number of carbonyl (C=O) groups excluding carboxylic acids is 1. The molecule has 6 heteroatoms. The van der Waals surface area contributed by atoms with Gasteiger partial charge in [0.15, 0.2) is 5.76 Å². The van der Waals surface area contributed by atoms with Crippen molar-refractivity contribution in [2.24, 2.45) is 0 Å². The average Bonchev–Trinajstić information content (AvgIpc) is 2.89. The zero-order valence-corrected chi connectivity index (χ0v) is 12.1. The summed E-state index contributed by atoms with van der Waals surface area (Å²) in [5.74, 6) is -0.443. The molecule has 0 aliphatic rings. The molecule has 0 saturated carbocycles. The summed E-state index contributed by atoms with van der Waals surface area (Å²) in [6, 6.07) is 5.70. The molecular formula is C15H18FNO4. The van der Waals surface area contributed by atoms with Gasteiger partial charge in [-0.15, -0.1) is 0 Å². The van der Waals surface area contributed by atoms with E-state index in [1.807, 2.05) is 0 Å².